The second-order valence-electron chi connectivity index (χ2n) is 1.72. The minimum Gasteiger partial charge on any atom is -0.382 e. The van der Waals surface area contributed by atoms with Gasteiger partial charge in [-0.05, 0) is 6.07 Å². The van der Waals surface area contributed by atoms with E-state index in [1.165, 1.54) is 12.1 Å². The molecule has 0 aromatic carbocycles. The first-order chi connectivity index (χ1) is 4.70. The van der Waals surface area contributed by atoms with Crippen LogP contribution < -0.4 is 11.3 Å². The maximum atomic E-state index is 10.4. The van der Waals surface area contributed by atoms with E-state index in [2.05, 4.69) is 10.2 Å². The average Bonchev–Trinajstić information content (AvgIpc) is 1.88. The van der Waals surface area contributed by atoms with Crippen molar-refractivity contribution < 1.29 is 0 Å². The molecule has 0 aliphatic carbocycles. The van der Waals surface area contributed by atoms with Crippen LogP contribution in [-0.4, -0.2) is 16.0 Å². The molecule has 1 aromatic rings. The van der Waals surface area contributed by atoms with Crippen molar-refractivity contribution in [2.75, 3.05) is 0 Å². The Labute approximate surface area is 56.4 Å². The van der Waals surface area contributed by atoms with Crippen LogP contribution in [0.1, 0.15) is 5.69 Å². The molecule has 1 rings (SSSR count). The first kappa shape index (κ1) is 6.47. The number of nitrogen functional groups attached to an aromatic ring is 1. The number of nitrogens with two attached hydrogens (primary N) is 1. The van der Waals surface area contributed by atoms with Crippen LogP contribution in [0.5, 0.6) is 0 Å². The van der Waals surface area contributed by atoms with Gasteiger partial charge in [-0.1, -0.05) is 0 Å². The first-order valence-electron chi connectivity index (χ1n) is 2.60. The van der Waals surface area contributed by atoms with Crippen molar-refractivity contribution in [2.24, 2.45) is 5.73 Å². The largest absolute Gasteiger partial charge is 0.382 e. The maximum absolute atomic E-state index is 10.4. The number of rotatable bonds is 1. The summed E-state index contributed by atoms with van der Waals surface area (Å²) in [5.41, 5.74) is 5.04. The molecule has 52 valence electrons. The molecule has 0 atom stereocenters. The Balaban J connectivity index is 3.12. The highest BCUT2D eigenvalue weighted by Gasteiger charge is 1.94. The Hall–Kier alpha value is -1.65. The van der Waals surface area contributed by atoms with Gasteiger partial charge in [-0.15, -0.1) is 0 Å². The second-order valence-corrected chi connectivity index (χ2v) is 1.72. The van der Waals surface area contributed by atoms with Crippen LogP contribution in [0.3, 0.4) is 0 Å². The van der Waals surface area contributed by atoms with Crippen LogP contribution in [0, 0.1) is 5.41 Å². The standard InChI is InChI=1S/C5H6N4O/c6-5(7)3-1-2-4(10)9-8-3/h1-2H,(H3,6,7)(H,9,10). The summed E-state index contributed by atoms with van der Waals surface area (Å²) < 4.78 is 0. The predicted octanol–water partition coefficient (Wildman–Crippen LogP) is -0.946. The number of nitrogens with zero attached hydrogens (tertiary/aromatic N) is 1. The summed E-state index contributed by atoms with van der Waals surface area (Å²) >= 11 is 0. The van der Waals surface area contributed by atoms with Gasteiger partial charge in [0.2, 0.25) is 0 Å². The van der Waals surface area contributed by atoms with E-state index < -0.39 is 0 Å². The topological polar surface area (TPSA) is 95.6 Å². The van der Waals surface area contributed by atoms with Crippen molar-refractivity contribution in [2.45, 2.75) is 0 Å². The molecule has 10 heavy (non-hydrogen) atoms. The summed E-state index contributed by atoms with van der Waals surface area (Å²) in [6.07, 6.45) is 0. The van der Waals surface area contributed by atoms with Gasteiger partial charge in [-0.3, -0.25) is 10.2 Å². The Morgan fingerprint density at radius 1 is 1.70 bits per heavy atom. The van der Waals surface area contributed by atoms with Crippen LogP contribution in [0.15, 0.2) is 16.9 Å². The third-order valence-corrected chi connectivity index (χ3v) is 0.955. The summed E-state index contributed by atoms with van der Waals surface area (Å²) in [6, 6.07) is 2.66. The van der Waals surface area contributed by atoms with Gasteiger partial charge in [0.05, 0.1) is 0 Å². The molecular weight excluding hydrogens is 132 g/mol. The fourth-order valence-corrected chi connectivity index (χ4v) is 0.494. The van der Waals surface area contributed by atoms with Gasteiger partial charge in [0.15, 0.2) is 0 Å². The van der Waals surface area contributed by atoms with Crippen LogP contribution in [-0.2, 0) is 0 Å². The summed E-state index contributed by atoms with van der Waals surface area (Å²) in [4.78, 5) is 10.4. The van der Waals surface area contributed by atoms with E-state index in [9.17, 15) is 4.79 Å². The van der Waals surface area contributed by atoms with Crippen molar-refractivity contribution in [3.8, 4) is 0 Å². The monoisotopic (exact) mass is 138 g/mol. The zero-order valence-corrected chi connectivity index (χ0v) is 5.09. The number of amidine groups is 1. The Bertz CT molecular complexity index is 282. The van der Waals surface area contributed by atoms with Crippen LogP contribution in [0.25, 0.3) is 0 Å². The van der Waals surface area contributed by atoms with Gasteiger partial charge < -0.3 is 5.73 Å². The molecular formula is C5H6N4O. The Kier molecular flexibility index (Phi) is 1.49. The number of hydrogen-bond donors (Lipinski definition) is 3. The van der Waals surface area contributed by atoms with Crippen molar-refractivity contribution in [1.82, 2.24) is 10.2 Å². The number of aromatic nitrogens is 2. The molecule has 0 aliphatic rings. The van der Waals surface area contributed by atoms with E-state index in [0.717, 1.165) is 0 Å². The quantitative estimate of drug-likeness (QED) is 0.345. The first-order valence-corrected chi connectivity index (χ1v) is 2.60. The number of nitrogens with one attached hydrogen (secondary N) is 2. The van der Waals surface area contributed by atoms with Gasteiger partial charge in [0.25, 0.3) is 5.56 Å². The van der Waals surface area contributed by atoms with Gasteiger partial charge in [0, 0.05) is 6.07 Å². The highest BCUT2D eigenvalue weighted by molar-refractivity contribution is 5.92. The molecule has 1 heterocycles. The Morgan fingerprint density at radius 2 is 2.40 bits per heavy atom. The van der Waals surface area contributed by atoms with E-state index in [0.29, 0.717) is 0 Å². The molecule has 0 fully saturated rings. The lowest BCUT2D eigenvalue weighted by molar-refractivity contribution is 0.972. The van der Waals surface area contributed by atoms with Crippen molar-refractivity contribution in [3.63, 3.8) is 0 Å². The average molecular weight is 138 g/mol. The molecule has 5 nitrogen and oxygen atoms in total. The second kappa shape index (κ2) is 2.30. The van der Waals surface area contributed by atoms with Crippen molar-refractivity contribution in [1.29, 1.82) is 5.41 Å². The maximum Gasteiger partial charge on any atom is 0.264 e. The molecule has 0 saturated carbocycles. The van der Waals surface area contributed by atoms with Gasteiger partial charge in [-0.25, -0.2) is 5.10 Å². The lowest BCUT2D eigenvalue weighted by Crippen LogP contribution is -2.17. The zero-order chi connectivity index (χ0) is 7.56. The lowest BCUT2D eigenvalue weighted by atomic mass is 10.4. The van der Waals surface area contributed by atoms with Crippen molar-refractivity contribution >= 4 is 5.84 Å². The highest BCUT2D eigenvalue weighted by Crippen LogP contribution is 1.83. The molecule has 0 radical (unpaired) electrons. The molecule has 0 amide bonds. The van der Waals surface area contributed by atoms with E-state index in [1.54, 1.807) is 0 Å². The van der Waals surface area contributed by atoms with Gasteiger partial charge in [0.1, 0.15) is 11.5 Å². The lowest BCUT2D eigenvalue weighted by Gasteiger charge is -1.91. The fraction of sp³-hybridized carbons (Fsp3) is 0. The predicted molar refractivity (Wildman–Crippen MR) is 35.9 cm³/mol. The summed E-state index contributed by atoms with van der Waals surface area (Å²) in [7, 11) is 0. The summed E-state index contributed by atoms with van der Waals surface area (Å²) in [5, 5.41) is 12.5. The third kappa shape index (κ3) is 1.19. The molecule has 0 unspecified atom stereocenters. The number of H-pyrrole nitrogens is 1. The molecule has 0 bridgehead atoms. The Morgan fingerprint density at radius 3 is 2.80 bits per heavy atom. The molecule has 1 aromatic heterocycles. The van der Waals surface area contributed by atoms with Crippen LogP contribution in [0.2, 0.25) is 0 Å². The van der Waals surface area contributed by atoms with Gasteiger partial charge in [-0.2, -0.15) is 5.10 Å². The van der Waals surface area contributed by atoms with Crippen LogP contribution >= 0.6 is 0 Å². The minimum absolute atomic E-state index is 0.156. The minimum atomic E-state index is -0.301. The molecule has 5 heteroatoms. The third-order valence-electron chi connectivity index (χ3n) is 0.955. The fourth-order valence-electron chi connectivity index (χ4n) is 0.494. The summed E-state index contributed by atoms with van der Waals surface area (Å²) in [5.74, 6) is -0.156. The van der Waals surface area contributed by atoms with E-state index in [-0.39, 0.29) is 17.1 Å². The molecule has 4 N–H and O–H groups in total. The highest BCUT2D eigenvalue weighted by atomic mass is 16.1. The molecule has 0 spiro atoms. The smallest absolute Gasteiger partial charge is 0.264 e. The molecule has 0 saturated heterocycles. The van der Waals surface area contributed by atoms with Crippen LogP contribution in [0.4, 0.5) is 0 Å². The number of aromatic amines is 1. The normalized spacial score (nSPS) is 9.20. The van der Waals surface area contributed by atoms with E-state index >= 15 is 0 Å². The molecule has 0 aliphatic heterocycles. The van der Waals surface area contributed by atoms with E-state index in [4.69, 9.17) is 11.1 Å². The number of hydrogen-bond acceptors (Lipinski definition) is 3. The SMILES string of the molecule is N=C(N)c1ccc(=O)[nH]n1. The zero-order valence-electron chi connectivity index (χ0n) is 5.09. The summed E-state index contributed by atoms with van der Waals surface area (Å²) in [6.45, 7) is 0. The van der Waals surface area contributed by atoms with E-state index in [1.807, 2.05) is 0 Å². The van der Waals surface area contributed by atoms with Gasteiger partial charge >= 0.3 is 0 Å². The van der Waals surface area contributed by atoms with Crippen molar-refractivity contribution in [3.05, 3.63) is 28.2 Å².